The van der Waals surface area contributed by atoms with E-state index in [0.29, 0.717) is 6.42 Å². The van der Waals surface area contributed by atoms with Crippen LogP contribution in [0.1, 0.15) is 91.4 Å². The molecule has 4 aliphatic carbocycles. The van der Waals surface area contributed by atoms with Gasteiger partial charge in [-0.05, 0) is 51.2 Å². The molecule has 5 fully saturated rings. The molecule has 1 saturated heterocycles. The van der Waals surface area contributed by atoms with Crippen molar-refractivity contribution < 1.29 is 66.7 Å². The number of carbonyl (C=O) groups excluding carboxylic acids is 7. The van der Waals surface area contributed by atoms with E-state index in [2.05, 4.69) is 0 Å². The van der Waals surface area contributed by atoms with Gasteiger partial charge in [-0.3, -0.25) is 28.8 Å². The Kier molecular flexibility index (Phi) is 9.79. The van der Waals surface area contributed by atoms with Crippen molar-refractivity contribution in [3.8, 4) is 0 Å². The lowest BCUT2D eigenvalue weighted by molar-refractivity contribution is -0.259. The van der Waals surface area contributed by atoms with Gasteiger partial charge in [0.15, 0.2) is 23.6 Å². The van der Waals surface area contributed by atoms with Crippen molar-refractivity contribution in [2.75, 3.05) is 6.61 Å². The molecule has 2 bridgehead atoms. The molecule has 0 radical (unpaired) electrons. The average molecular weight is 741 g/mol. The number of benzene rings is 1. The van der Waals surface area contributed by atoms with Gasteiger partial charge in [0, 0.05) is 51.9 Å². The van der Waals surface area contributed by atoms with Gasteiger partial charge in [-0.25, -0.2) is 4.79 Å². The monoisotopic (exact) mass is 740 g/mol. The smallest absolute Gasteiger partial charge is 0.338 e. The number of ether oxygens (including phenoxy) is 7. The summed E-state index contributed by atoms with van der Waals surface area (Å²) < 4.78 is 43.7. The summed E-state index contributed by atoms with van der Waals surface area (Å²) in [4.78, 5) is 94.8. The summed E-state index contributed by atoms with van der Waals surface area (Å²) in [5, 5.41) is 0. The number of esters is 6. The normalized spacial score (nSPS) is 40.5. The third-order valence-corrected chi connectivity index (χ3v) is 12.2. The van der Waals surface area contributed by atoms with E-state index in [0.717, 1.165) is 6.92 Å². The quantitative estimate of drug-likeness (QED) is 0.264. The molecule has 1 aliphatic heterocycles. The minimum absolute atomic E-state index is 0.0330. The first-order valence-corrected chi connectivity index (χ1v) is 18.2. The highest BCUT2D eigenvalue weighted by Gasteiger charge is 2.86. The summed E-state index contributed by atoms with van der Waals surface area (Å²) >= 11 is 0. The lowest BCUT2D eigenvalue weighted by Crippen LogP contribution is -2.75. The molecule has 0 spiro atoms. The van der Waals surface area contributed by atoms with Gasteiger partial charge in [-0.2, -0.15) is 0 Å². The third kappa shape index (κ3) is 5.91. The molecule has 0 amide bonds. The van der Waals surface area contributed by atoms with E-state index in [9.17, 15) is 28.8 Å². The topological polar surface area (TPSA) is 184 Å². The van der Waals surface area contributed by atoms with Crippen LogP contribution in [0.5, 0.6) is 0 Å². The Morgan fingerprint density at radius 2 is 1.45 bits per heavy atom. The second kappa shape index (κ2) is 13.5. The first kappa shape index (κ1) is 38.4. The molecule has 0 N–H and O–H groups in total. The van der Waals surface area contributed by atoms with E-state index in [4.69, 9.17) is 33.2 Å². The Labute approximate surface area is 307 Å². The van der Waals surface area contributed by atoms with E-state index in [1.54, 1.807) is 58.0 Å². The zero-order valence-corrected chi connectivity index (χ0v) is 31.3. The minimum Gasteiger partial charge on any atom is -0.461 e. The summed E-state index contributed by atoms with van der Waals surface area (Å²) in [5.41, 5.74) is -6.46. The number of ketones is 1. The van der Waals surface area contributed by atoms with Crippen molar-refractivity contribution in [3.63, 3.8) is 0 Å². The van der Waals surface area contributed by atoms with Gasteiger partial charge in [0.05, 0.1) is 23.5 Å². The first-order valence-electron chi connectivity index (χ1n) is 18.2. The SMILES string of the molecule is CCCC(=O)O[C@@H]1[C@@H]2[C@@H](OC(C)=O)[C@@]34CO[C@@](C)([C@H](OC(C)=O)[C@@]2(OC(C)=O)C[C@@H]1C)[C@@H]3[C@@H]1[C@@H](C[C@]1(C)OC(C)=O)[C@@H](OC(=O)c1ccccc1)C4=O. The second-order valence-electron chi connectivity index (χ2n) is 15.8. The fourth-order valence-electron chi connectivity index (χ4n) is 10.9. The van der Waals surface area contributed by atoms with E-state index in [1.165, 1.54) is 20.8 Å². The highest BCUT2D eigenvalue weighted by atomic mass is 16.6. The molecule has 6 rings (SSSR count). The van der Waals surface area contributed by atoms with Gasteiger partial charge in [0.1, 0.15) is 23.4 Å². The van der Waals surface area contributed by atoms with Crippen molar-refractivity contribution in [3.05, 3.63) is 35.9 Å². The maximum Gasteiger partial charge on any atom is 0.338 e. The molecule has 1 heterocycles. The zero-order chi connectivity index (χ0) is 38.8. The molecule has 4 saturated carbocycles. The van der Waals surface area contributed by atoms with Gasteiger partial charge in [-0.15, -0.1) is 0 Å². The maximum atomic E-state index is 15.6. The molecular formula is C39H48O14. The second-order valence-corrected chi connectivity index (χ2v) is 15.8. The minimum atomic E-state index is -1.88. The van der Waals surface area contributed by atoms with E-state index in [-0.39, 0.29) is 24.8 Å². The highest BCUT2D eigenvalue weighted by molar-refractivity contribution is 5.97. The summed E-state index contributed by atoms with van der Waals surface area (Å²) in [5.74, 6) is -9.26. The molecule has 288 valence electrons. The lowest BCUT2D eigenvalue weighted by Gasteiger charge is -2.64. The predicted octanol–water partition coefficient (Wildman–Crippen LogP) is 3.69. The van der Waals surface area contributed by atoms with Gasteiger partial charge >= 0.3 is 35.8 Å². The summed E-state index contributed by atoms with van der Waals surface area (Å²) in [6.45, 7) is 11.3. The van der Waals surface area contributed by atoms with Crippen molar-refractivity contribution in [2.45, 2.75) is 122 Å². The van der Waals surface area contributed by atoms with Crippen molar-refractivity contribution in [2.24, 2.45) is 35.0 Å². The largest absolute Gasteiger partial charge is 0.461 e. The Bertz CT molecular complexity index is 1710. The van der Waals surface area contributed by atoms with Crippen LogP contribution >= 0.6 is 0 Å². The number of Topliss-reactive ketones (excluding diaryl/α,β-unsaturated/α-hetero) is 1. The van der Waals surface area contributed by atoms with Gasteiger partial charge in [-0.1, -0.05) is 32.0 Å². The third-order valence-electron chi connectivity index (χ3n) is 12.2. The highest BCUT2D eigenvalue weighted by Crippen LogP contribution is 2.73. The fourth-order valence-corrected chi connectivity index (χ4v) is 10.9. The molecule has 13 atom stereocenters. The van der Waals surface area contributed by atoms with Crippen LogP contribution in [-0.2, 0) is 61.9 Å². The summed E-state index contributed by atoms with van der Waals surface area (Å²) in [7, 11) is 0. The van der Waals surface area contributed by atoms with E-state index >= 15 is 4.79 Å². The van der Waals surface area contributed by atoms with Crippen LogP contribution in [0.15, 0.2) is 30.3 Å². The van der Waals surface area contributed by atoms with Crippen LogP contribution in [0.4, 0.5) is 0 Å². The summed E-state index contributed by atoms with van der Waals surface area (Å²) in [6.07, 6.45) is -4.90. The first-order chi connectivity index (χ1) is 24.9. The molecule has 0 aromatic heterocycles. The van der Waals surface area contributed by atoms with Crippen molar-refractivity contribution >= 4 is 41.6 Å². The predicted molar refractivity (Wildman–Crippen MR) is 180 cm³/mol. The standard InChI is InChI=1S/C39H48O14/c1-9-13-26(44)50-29-19(2)16-39(53-23(6)43)28(29)33(48-20(3)40)38-18-47-37(8,35(39)49-21(4)41)31(38)27-25(17-36(27,7)52-22(5)42)30(32(38)45)51-34(46)24-14-11-10-12-15-24/h10-12,14-15,19,25,27-31,33,35H,9,13,16-18H2,1-8H3/t19-,25+,27-,28+,29-,30+,31-,33+,35-,36-,37+,38-,39+/m0/s1. The molecule has 1 aromatic rings. The number of hydrogen-bond acceptors (Lipinski definition) is 14. The fraction of sp³-hybridized carbons (Fsp3) is 0.667. The Balaban J connectivity index is 1.65. The summed E-state index contributed by atoms with van der Waals surface area (Å²) in [6, 6.07) is 8.13. The molecule has 0 unspecified atom stereocenters. The molecular weight excluding hydrogens is 692 g/mol. The van der Waals surface area contributed by atoms with Crippen LogP contribution in [0, 0.1) is 35.0 Å². The van der Waals surface area contributed by atoms with Gasteiger partial charge < -0.3 is 33.2 Å². The number of rotatable bonds is 9. The van der Waals surface area contributed by atoms with Crippen LogP contribution in [0.2, 0.25) is 0 Å². The van der Waals surface area contributed by atoms with Crippen LogP contribution in [0.3, 0.4) is 0 Å². The van der Waals surface area contributed by atoms with Gasteiger partial charge in [0.25, 0.3) is 0 Å². The zero-order valence-electron chi connectivity index (χ0n) is 31.3. The number of fused-ring (bicyclic) bond motifs is 2. The molecule has 53 heavy (non-hydrogen) atoms. The van der Waals surface area contributed by atoms with Gasteiger partial charge in [0.2, 0.25) is 0 Å². The molecule has 14 heteroatoms. The van der Waals surface area contributed by atoms with E-state index < -0.39 is 124 Å². The Morgan fingerprint density at radius 1 is 0.811 bits per heavy atom. The van der Waals surface area contributed by atoms with Crippen LogP contribution in [0.25, 0.3) is 0 Å². The maximum absolute atomic E-state index is 15.6. The molecule has 5 aliphatic rings. The number of hydrogen-bond donors (Lipinski definition) is 0. The van der Waals surface area contributed by atoms with Crippen molar-refractivity contribution in [1.29, 1.82) is 0 Å². The lowest BCUT2D eigenvalue weighted by atomic mass is 9.42. The van der Waals surface area contributed by atoms with Crippen molar-refractivity contribution in [1.82, 2.24) is 0 Å². The number of carbonyl (C=O) groups is 7. The Morgan fingerprint density at radius 3 is 2.04 bits per heavy atom. The van der Waals surface area contributed by atoms with Crippen LogP contribution < -0.4 is 0 Å². The average Bonchev–Trinajstić information content (AvgIpc) is 3.49. The van der Waals surface area contributed by atoms with E-state index in [1.807, 2.05) is 0 Å². The van der Waals surface area contributed by atoms with Crippen LogP contribution in [-0.4, -0.2) is 89.4 Å². The Hall–Kier alpha value is -4.33. The molecule has 14 nitrogen and oxygen atoms in total. The molecule has 1 aromatic carbocycles.